The fourth-order valence-corrected chi connectivity index (χ4v) is 2.94. The number of aliphatic hydroxyl groups excluding tert-OH is 1. The largest absolute Gasteiger partial charge is 0.444 e. The van der Waals surface area contributed by atoms with Crippen LogP contribution in [0.15, 0.2) is 48.5 Å². The van der Waals surface area contributed by atoms with Gasteiger partial charge in [-0.3, -0.25) is 0 Å². The molecule has 2 atom stereocenters. The second kappa shape index (κ2) is 7.87. The molecule has 2 N–H and O–H groups in total. The normalized spacial score (nSPS) is 15.0. The van der Waals surface area contributed by atoms with E-state index in [4.69, 9.17) is 27.9 Å². The molecular formula is C20H23Cl2NO3. The number of nitrogens with one attached hydrogen (secondary N) is 1. The number of carbonyl (C=O) groups excluding carboxylic acids is 1. The molecule has 0 saturated carbocycles. The summed E-state index contributed by atoms with van der Waals surface area (Å²) in [5, 5.41) is 14.9. The lowest BCUT2D eigenvalue weighted by Crippen LogP contribution is -2.49. The summed E-state index contributed by atoms with van der Waals surface area (Å²) >= 11 is 12.0. The highest BCUT2D eigenvalue weighted by atomic mass is 35.5. The van der Waals surface area contributed by atoms with Gasteiger partial charge in [-0.2, -0.15) is 0 Å². The van der Waals surface area contributed by atoms with Gasteiger partial charge in [0.1, 0.15) is 11.7 Å². The standard InChI is InChI=1S/C20H23Cl2NO3/c1-19(2,3)26-18(25)23-20(4,14-8-10-15(21)11-9-14)17(24)13-6-5-7-16(22)12-13/h5-12,17,24H,1-4H3,(H,23,25)/t17-,20+/m0/s1. The van der Waals surface area contributed by atoms with Crippen molar-refractivity contribution in [2.75, 3.05) is 0 Å². The van der Waals surface area contributed by atoms with Crippen LogP contribution in [0, 0.1) is 0 Å². The van der Waals surface area contributed by atoms with Crippen LogP contribution in [0.1, 0.15) is 44.9 Å². The molecule has 0 saturated heterocycles. The highest BCUT2D eigenvalue weighted by molar-refractivity contribution is 6.30. The van der Waals surface area contributed by atoms with Crippen molar-refractivity contribution in [1.82, 2.24) is 5.32 Å². The fourth-order valence-electron chi connectivity index (χ4n) is 2.62. The summed E-state index contributed by atoms with van der Waals surface area (Å²) in [6.07, 6.45) is -1.69. The molecular weight excluding hydrogens is 373 g/mol. The third-order valence-corrected chi connectivity index (χ3v) is 4.40. The Kier molecular flexibility index (Phi) is 6.22. The van der Waals surface area contributed by atoms with Crippen LogP contribution in [0.5, 0.6) is 0 Å². The summed E-state index contributed by atoms with van der Waals surface area (Å²) in [6.45, 7) is 7.06. The molecule has 140 valence electrons. The molecule has 0 spiro atoms. The van der Waals surface area contributed by atoms with Crippen molar-refractivity contribution in [1.29, 1.82) is 0 Å². The maximum absolute atomic E-state index is 12.4. The first-order chi connectivity index (χ1) is 12.0. The van der Waals surface area contributed by atoms with Crippen LogP contribution in [0.25, 0.3) is 0 Å². The average Bonchev–Trinajstić information content (AvgIpc) is 2.52. The highest BCUT2D eigenvalue weighted by Gasteiger charge is 2.39. The number of ether oxygens (including phenoxy) is 1. The average molecular weight is 396 g/mol. The smallest absolute Gasteiger partial charge is 0.408 e. The third-order valence-electron chi connectivity index (χ3n) is 3.92. The first-order valence-electron chi connectivity index (χ1n) is 8.22. The molecule has 1 amide bonds. The summed E-state index contributed by atoms with van der Waals surface area (Å²) in [4.78, 5) is 12.4. The maximum atomic E-state index is 12.4. The zero-order chi connectivity index (χ0) is 19.5. The van der Waals surface area contributed by atoms with Crippen molar-refractivity contribution in [3.05, 3.63) is 69.7 Å². The number of halogens is 2. The van der Waals surface area contributed by atoms with Gasteiger partial charge >= 0.3 is 6.09 Å². The first kappa shape index (κ1) is 20.6. The number of amides is 1. The van der Waals surface area contributed by atoms with E-state index >= 15 is 0 Å². The van der Waals surface area contributed by atoms with E-state index in [9.17, 15) is 9.90 Å². The van der Waals surface area contributed by atoms with E-state index < -0.39 is 23.3 Å². The van der Waals surface area contributed by atoms with Gasteiger partial charge in [0.05, 0.1) is 5.54 Å². The van der Waals surface area contributed by atoms with Crippen molar-refractivity contribution in [3.63, 3.8) is 0 Å². The van der Waals surface area contributed by atoms with E-state index in [1.807, 2.05) is 0 Å². The quantitative estimate of drug-likeness (QED) is 0.721. The minimum Gasteiger partial charge on any atom is -0.444 e. The molecule has 2 aromatic carbocycles. The zero-order valence-electron chi connectivity index (χ0n) is 15.2. The highest BCUT2D eigenvalue weighted by Crippen LogP contribution is 2.36. The number of benzene rings is 2. The molecule has 6 heteroatoms. The van der Waals surface area contributed by atoms with E-state index in [1.54, 1.807) is 76.2 Å². The molecule has 0 fully saturated rings. The first-order valence-corrected chi connectivity index (χ1v) is 8.97. The Morgan fingerprint density at radius 3 is 2.19 bits per heavy atom. The summed E-state index contributed by atoms with van der Waals surface area (Å²) in [6, 6.07) is 13.8. The molecule has 0 heterocycles. The Morgan fingerprint density at radius 2 is 1.65 bits per heavy atom. The van der Waals surface area contributed by atoms with Crippen molar-refractivity contribution in [3.8, 4) is 0 Å². The Morgan fingerprint density at radius 1 is 1.04 bits per heavy atom. The molecule has 0 bridgehead atoms. The Hall–Kier alpha value is -1.75. The molecule has 4 nitrogen and oxygen atoms in total. The van der Waals surface area contributed by atoms with Crippen LogP contribution < -0.4 is 5.32 Å². The van der Waals surface area contributed by atoms with Crippen LogP contribution >= 0.6 is 23.2 Å². The van der Waals surface area contributed by atoms with Gasteiger partial charge in [-0.15, -0.1) is 0 Å². The molecule has 0 aromatic heterocycles. The second-order valence-electron chi connectivity index (χ2n) is 7.29. The van der Waals surface area contributed by atoms with Gasteiger partial charge in [-0.1, -0.05) is 47.5 Å². The topological polar surface area (TPSA) is 58.6 Å². The minimum absolute atomic E-state index is 0.497. The van der Waals surface area contributed by atoms with Gasteiger partial charge in [0.15, 0.2) is 0 Å². The molecule has 0 radical (unpaired) electrons. The van der Waals surface area contributed by atoms with Gasteiger partial charge in [-0.25, -0.2) is 4.79 Å². The molecule has 26 heavy (non-hydrogen) atoms. The predicted molar refractivity (Wildman–Crippen MR) is 105 cm³/mol. The number of alkyl carbamates (subject to hydrolysis) is 1. The van der Waals surface area contributed by atoms with Gasteiger partial charge < -0.3 is 15.2 Å². The monoisotopic (exact) mass is 395 g/mol. The van der Waals surface area contributed by atoms with Gasteiger partial charge in [0, 0.05) is 10.0 Å². The minimum atomic E-state index is -1.16. The Labute approximate surface area is 164 Å². The van der Waals surface area contributed by atoms with E-state index in [2.05, 4.69) is 5.32 Å². The molecule has 2 aromatic rings. The van der Waals surface area contributed by atoms with Crippen LogP contribution in [0.4, 0.5) is 4.79 Å². The van der Waals surface area contributed by atoms with Gasteiger partial charge in [-0.05, 0) is 63.1 Å². The lowest BCUT2D eigenvalue weighted by atomic mass is 9.83. The van der Waals surface area contributed by atoms with Gasteiger partial charge in [0.25, 0.3) is 0 Å². The lowest BCUT2D eigenvalue weighted by molar-refractivity contribution is 0.0236. The van der Waals surface area contributed by atoms with Gasteiger partial charge in [0.2, 0.25) is 0 Å². The van der Waals surface area contributed by atoms with E-state index in [1.165, 1.54) is 0 Å². The van der Waals surface area contributed by atoms with E-state index in [-0.39, 0.29) is 0 Å². The van der Waals surface area contributed by atoms with Crippen LogP contribution in [0.3, 0.4) is 0 Å². The zero-order valence-corrected chi connectivity index (χ0v) is 16.7. The summed E-state index contributed by atoms with van der Waals surface area (Å²) in [5.41, 5.74) is -0.560. The second-order valence-corrected chi connectivity index (χ2v) is 8.17. The Bertz CT molecular complexity index is 771. The van der Waals surface area contributed by atoms with Crippen LogP contribution in [-0.2, 0) is 10.3 Å². The fraction of sp³-hybridized carbons (Fsp3) is 0.350. The van der Waals surface area contributed by atoms with Crippen molar-refractivity contribution in [2.24, 2.45) is 0 Å². The van der Waals surface area contributed by atoms with Crippen molar-refractivity contribution < 1.29 is 14.6 Å². The predicted octanol–water partition coefficient (Wildman–Crippen LogP) is 5.47. The number of hydrogen-bond acceptors (Lipinski definition) is 3. The number of carbonyl (C=O) groups is 1. The van der Waals surface area contributed by atoms with E-state index in [0.717, 1.165) is 0 Å². The molecule has 0 aliphatic heterocycles. The number of hydrogen-bond donors (Lipinski definition) is 2. The number of rotatable bonds is 4. The molecule has 2 rings (SSSR count). The van der Waals surface area contributed by atoms with Crippen LogP contribution in [-0.4, -0.2) is 16.8 Å². The van der Waals surface area contributed by atoms with Crippen molar-refractivity contribution >= 4 is 29.3 Å². The molecule has 0 unspecified atom stereocenters. The molecule has 0 aliphatic rings. The lowest BCUT2D eigenvalue weighted by Gasteiger charge is -2.37. The molecule has 0 aliphatic carbocycles. The third kappa shape index (κ3) is 5.13. The number of aliphatic hydroxyl groups is 1. The summed E-state index contributed by atoms with van der Waals surface area (Å²) in [5.74, 6) is 0. The van der Waals surface area contributed by atoms with Crippen LogP contribution in [0.2, 0.25) is 10.0 Å². The Balaban J connectivity index is 2.43. The SMILES string of the molecule is CC(C)(C)OC(=O)N[C@](C)(c1ccc(Cl)cc1)[C@@H](O)c1cccc(Cl)c1. The summed E-state index contributed by atoms with van der Waals surface area (Å²) < 4.78 is 5.38. The maximum Gasteiger partial charge on any atom is 0.408 e. The van der Waals surface area contributed by atoms with Crippen molar-refractivity contribution in [2.45, 2.75) is 44.9 Å². The summed E-state index contributed by atoms with van der Waals surface area (Å²) in [7, 11) is 0. The van der Waals surface area contributed by atoms with E-state index in [0.29, 0.717) is 21.2 Å².